The molecule has 0 unspecified atom stereocenters. The summed E-state index contributed by atoms with van der Waals surface area (Å²) in [5.74, 6) is 1.57. The van der Waals surface area contributed by atoms with Crippen molar-refractivity contribution in [1.82, 2.24) is 14.7 Å². The fourth-order valence-corrected chi connectivity index (χ4v) is 3.01. The van der Waals surface area contributed by atoms with Crippen LogP contribution in [0.1, 0.15) is 36.7 Å². The first kappa shape index (κ1) is 21.4. The number of carbonyl (C=O) groups excluding carboxylic acids is 1. The van der Waals surface area contributed by atoms with Crippen molar-refractivity contribution in [3.8, 4) is 17.2 Å². The van der Waals surface area contributed by atoms with Crippen molar-refractivity contribution >= 4 is 5.91 Å². The summed E-state index contributed by atoms with van der Waals surface area (Å²) in [5, 5.41) is 4.40. The van der Waals surface area contributed by atoms with E-state index in [-0.39, 0.29) is 5.91 Å². The molecule has 0 fully saturated rings. The molecule has 3 rings (SSSR count). The molecule has 0 bridgehead atoms. The van der Waals surface area contributed by atoms with E-state index >= 15 is 0 Å². The Bertz CT molecular complexity index is 967. The van der Waals surface area contributed by atoms with Gasteiger partial charge in [0.15, 0.2) is 11.5 Å². The molecule has 1 heterocycles. The van der Waals surface area contributed by atoms with Crippen molar-refractivity contribution in [3.63, 3.8) is 0 Å². The Kier molecular flexibility index (Phi) is 7.12. The normalized spacial score (nSPS) is 10.8. The zero-order valence-electron chi connectivity index (χ0n) is 18.0. The minimum atomic E-state index is -0.0844. The lowest BCUT2D eigenvalue weighted by Crippen LogP contribution is -2.26. The molecule has 0 aliphatic carbocycles. The van der Waals surface area contributed by atoms with Gasteiger partial charge in [0.25, 0.3) is 5.91 Å². The standard InChI is InChI=1S/C24H29N3O3/c1-5-29-23-13-20(11-12-22(23)30-17-18(2)3)24(28)26(4)15-19-14-25-27(16-19)21-9-7-6-8-10-21/h6-14,16,18H,5,15,17H2,1-4H3. The molecule has 2 aromatic carbocycles. The molecule has 158 valence electrons. The van der Waals surface area contributed by atoms with E-state index < -0.39 is 0 Å². The number of benzene rings is 2. The van der Waals surface area contributed by atoms with Crippen LogP contribution in [0.2, 0.25) is 0 Å². The Morgan fingerprint density at radius 1 is 1.10 bits per heavy atom. The van der Waals surface area contributed by atoms with Gasteiger partial charge in [-0.15, -0.1) is 0 Å². The molecule has 1 amide bonds. The number of amides is 1. The second-order valence-corrected chi connectivity index (χ2v) is 7.59. The van der Waals surface area contributed by atoms with Gasteiger partial charge in [0.1, 0.15) is 0 Å². The van der Waals surface area contributed by atoms with Crippen LogP contribution in [0, 0.1) is 5.92 Å². The lowest BCUT2D eigenvalue weighted by Gasteiger charge is -2.18. The molecule has 0 spiro atoms. The Morgan fingerprint density at radius 2 is 1.87 bits per heavy atom. The van der Waals surface area contributed by atoms with E-state index in [1.807, 2.05) is 54.2 Å². The molecule has 0 radical (unpaired) electrons. The predicted molar refractivity (Wildman–Crippen MR) is 117 cm³/mol. The van der Waals surface area contributed by atoms with Gasteiger partial charge in [0.2, 0.25) is 0 Å². The Hall–Kier alpha value is -3.28. The number of rotatable bonds is 9. The monoisotopic (exact) mass is 407 g/mol. The molecule has 3 aromatic rings. The van der Waals surface area contributed by atoms with Crippen molar-refractivity contribution in [2.45, 2.75) is 27.3 Å². The lowest BCUT2D eigenvalue weighted by molar-refractivity contribution is 0.0784. The predicted octanol–water partition coefficient (Wildman–Crippen LogP) is 4.58. The van der Waals surface area contributed by atoms with Gasteiger partial charge >= 0.3 is 0 Å². The van der Waals surface area contributed by atoms with E-state index in [0.29, 0.717) is 42.7 Å². The van der Waals surface area contributed by atoms with Crippen LogP contribution < -0.4 is 9.47 Å². The summed E-state index contributed by atoms with van der Waals surface area (Å²) in [6, 6.07) is 15.2. The molecular weight excluding hydrogens is 378 g/mol. The highest BCUT2D eigenvalue weighted by atomic mass is 16.5. The highest BCUT2D eigenvalue weighted by molar-refractivity contribution is 5.94. The number of hydrogen-bond acceptors (Lipinski definition) is 4. The van der Waals surface area contributed by atoms with E-state index in [2.05, 4.69) is 18.9 Å². The zero-order valence-corrected chi connectivity index (χ0v) is 18.0. The van der Waals surface area contributed by atoms with E-state index in [1.54, 1.807) is 30.3 Å². The van der Waals surface area contributed by atoms with Gasteiger partial charge < -0.3 is 14.4 Å². The second kappa shape index (κ2) is 9.96. The van der Waals surface area contributed by atoms with Crippen LogP contribution in [-0.2, 0) is 6.54 Å². The third-order valence-electron chi connectivity index (χ3n) is 4.49. The Balaban J connectivity index is 1.71. The van der Waals surface area contributed by atoms with Crippen LogP contribution in [0.5, 0.6) is 11.5 Å². The average Bonchev–Trinajstić information content (AvgIpc) is 3.21. The van der Waals surface area contributed by atoms with Crippen molar-refractivity contribution in [2.24, 2.45) is 5.92 Å². The van der Waals surface area contributed by atoms with Crippen LogP contribution in [0.25, 0.3) is 5.69 Å². The molecule has 0 N–H and O–H groups in total. The van der Waals surface area contributed by atoms with Crippen molar-refractivity contribution < 1.29 is 14.3 Å². The lowest BCUT2D eigenvalue weighted by atomic mass is 10.1. The third kappa shape index (κ3) is 5.41. The summed E-state index contributed by atoms with van der Waals surface area (Å²) in [4.78, 5) is 14.6. The summed E-state index contributed by atoms with van der Waals surface area (Å²) in [6.07, 6.45) is 3.72. The van der Waals surface area contributed by atoms with Crippen molar-refractivity contribution in [3.05, 3.63) is 72.1 Å². The van der Waals surface area contributed by atoms with Crippen LogP contribution in [0.15, 0.2) is 60.9 Å². The second-order valence-electron chi connectivity index (χ2n) is 7.59. The van der Waals surface area contributed by atoms with Crippen molar-refractivity contribution in [2.75, 3.05) is 20.3 Å². The fourth-order valence-electron chi connectivity index (χ4n) is 3.01. The third-order valence-corrected chi connectivity index (χ3v) is 4.49. The molecule has 6 nitrogen and oxygen atoms in total. The molecule has 0 aliphatic heterocycles. The van der Waals surface area contributed by atoms with Gasteiger partial charge in [0, 0.05) is 30.9 Å². The first-order valence-electron chi connectivity index (χ1n) is 10.2. The Morgan fingerprint density at radius 3 is 2.57 bits per heavy atom. The topological polar surface area (TPSA) is 56.6 Å². The molecule has 0 saturated carbocycles. The Labute approximate surface area is 178 Å². The average molecular weight is 408 g/mol. The number of aromatic nitrogens is 2. The van der Waals surface area contributed by atoms with Gasteiger partial charge in [-0.2, -0.15) is 5.10 Å². The van der Waals surface area contributed by atoms with E-state index in [0.717, 1.165) is 11.3 Å². The molecule has 0 atom stereocenters. The summed E-state index contributed by atoms with van der Waals surface area (Å²) in [7, 11) is 1.78. The van der Waals surface area contributed by atoms with Crippen LogP contribution in [0.4, 0.5) is 0 Å². The molecule has 30 heavy (non-hydrogen) atoms. The highest BCUT2D eigenvalue weighted by Crippen LogP contribution is 2.29. The molecule has 6 heteroatoms. The molecule has 0 aliphatic rings. The molecular formula is C24H29N3O3. The van der Waals surface area contributed by atoms with E-state index in [4.69, 9.17) is 9.47 Å². The smallest absolute Gasteiger partial charge is 0.254 e. The summed E-state index contributed by atoms with van der Waals surface area (Å²) in [6.45, 7) is 7.65. The first-order chi connectivity index (χ1) is 14.5. The SMILES string of the molecule is CCOc1cc(C(=O)N(C)Cc2cnn(-c3ccccc3)c2)ccc1OCC(C)C. The first-order valence-corrected chi connectivity index (χ1v) is 10.2. The maximum atomic E-state index is 13.0. The van der Waals surface area contributed by atoms with Crippen LogP contribution in [-0.4, -0.2) is 40.8 Å². The zero-order chi connectivity index (χ0) is 21.5. The summed E-state index contributed by atoms with van der Waals surface area (Å²) >= 11 is 0. The number of ether oxygens (including phenoxy) is 2. The van der Waals surface area contributed by atoms with Gasteiger partial charge in [-0.3, -0.25) is 4.79 Å². The largest absolute Gasteiger partial charge is 0.490 e. The number of carbonyl (C=O) groups is 1. The highest BCUT2D eigenvalue weighted by Gasteiger charge is 2.16. The number of hydrogen-bond donors (Lipinski definition) is 0. The van der Waals surface area contributed by atoms with Gasteiger partial charge in [-0.1, -0.05) is 32.0 Å². The fraction of sp³-hybridized carbons (Fsp3) is 0.333. The maximum Gasteiger partial charge on any atom is 0.254 e. The minimum absolute atomic E-state index is 0.0844. The van der Waals surface area contributed by atoms with Gasteiger partial charge in [0.05, 0.1) is 25.1 Å². The molecule has 0 saturated heterocycles. The number of para-hydroxylation sites is 1. The van der Waals surface area contributed by atoms with Crippen molar-refractivity contribution in [1.29, 1.82) is 0 Å². The number of nitrogens with zero attached hydrogens (tertiary/aromatic N) is 3. The van der Waals surface area contributed by atoms with E-state index in [9.17, 15) is 4.79 Å². The quantitative estimate of drug-likeness (QED) is 0.521. The minimum Gasteiger partial charge on any atom is -0.490 e. The van der Waals surface area contributed by atoms with Crippen LogP contribution >= 0.6 is 0 Å². The van der Waals surface area contributed by atoms with Crippen LogP contribution in [0.3, 0.4) is 0 Å². The summed E-state index contributed by atoms with van der Waals surface area (Å²) in [5.41, 5.74) is 2.50. The molecule has 1 aromatic heterocycles. The summed E-state index contributed by atoms with van der Waals surface area (Å²) < 4.78 is 13.3. The maximum absolute atomic E-state index is 13.0. The van der Waals surface area contributed by atoms with E-state index in [1.165, 1.54) is 0 Å². The van der Waals surface area contributed by atoms with Gasteiger partial charge in [-0.05, 0) is 43.2 Å². The van der Waals surface area contributed by atoms with Gasteiger partial charge in [-0.25, -0.2) is 4.68 Å².